The Bertz CT molecular complexity index is 267. The molecule has 12 heavy (non-hydrogen) atoms. The number of rotatable bonds is 3. The Balaban J connectivity index is 1.97. The van der Waals surface area contributed by atoms with Crippen molar-refractivity contribution in [3.05, 3.63) is 21.3 Å². The summed E-state index contributed by atoms with van der Waals surface area (Å²) in [4.78, 5) is 1.90. The van der Waals surface area contributed by atoms with Crippen LogP contribution in [0.25, 0.3) is 0 Å². The van der Waals surface area contributed by atoms with Crippen LogP contribution in [0.4, 0.5) is 0 Å². The molecule has 1 fully saturated rings. The Kier molecular flexibility index (Phi) is 2.78. The normalized spacial score (nSPS) is 19.5. The van der Waals surface area contributed by atoms with E-state index in [1.807, 2.05) is 6.07 Å². The van der Waals surface area contributed by atoms with E-state index in [0.29, 0.717) is 4.83 Å². The Morgan fingerprint density at radius 2 is 2.33 bits per heavy atom. The molecule has 0 nitrogen and oxygen atoms in total. The molecule has 1 atom stereocenters. The van der Waals surface area contributed by atoms with Crippen molar-refractivity contribution in [3.8, 4) is 0 Å². The summed E-state index contributed by atoms with van der Waals surface area (Å²) >= 11 is 11.2. The van der Waals surface area contributed by atoms with E-state index in [-0.39, 0.29) is 0 Å². The predicted molar refractivity (Wildman–Crippen MR) is 58.3 cm³/mol. The highest BCUT2D eigenvalue weighted by Crippen LogP contribution is 2.43. The maximum atomic E-state index is 5.85. The molecular weight excluding hydrogens is 256 g/mol. The molecule has 1 aliphatic carbocycles. The predicted octanol–water partition coefficient (Wildman–Crippen LogP) is 4.64. The SMILES string of the molecule is Clc1ccc(C(Br)CC2CC2)s1. The van der Waals surface area contributed by atoms with Crippen molar-refractivity contribution in [1.29, 1.82) is 0 Å². The molecule has 0 amide bonds. The van der Waals surface area contributed by atoms with Gasteiger partial charge in [-0.25, -0.2) is 0 Å². The van der Waals surface area contributed by atoms with Gasteiger partial charge in [-0.2, -0.15) is 0 Å². The third-order valence-corrected chi connectivity index (χ3v) is 4.65. The van der Waals surface area contributed by atoms with E-state index in [4.69, 9.17) is 11.6 Å². The molecule has 1 heterocycles. The molecule has 0 aromatic carbocycles. The van der Waals surface area contributed by atoms with E-state index in [9.17, 15) is 0 Å². The first-order valence-corrected chi connectivity index (χ1v) is 6.26. The van der Waals surface area contributed by atoms with Crippen molar-refractivity contribution in [1.82, 2.24) is 0 Å². The van der Waals surface area contributed by atoms with Gasteiger partial charge in [-0.1, -0.05) is 40.4 Å². The Hall–Kier alpha value is 0.470. The van der Waals surface area contributed by atoms with Crippen molar-refractivity contribution in [2.45, 2.75) is 24.1 Å². The maximum Gasteiger partial charge on any atom is 0.0931 e. The highest BCUT2D eigenvalue weighted by atomic mass is 79.9. The molecular formula is C9H10BrClS. The van der Waals surface area contributed by atoms with Gasteiger partial charge in [-0.15, -0.1) is 11.3 Å². The van der Waals surface area contributed by atoms with Gasteiger partial charge >= 0.3 is 0 Å². The molecule has 66 valence electrons. The van der Waals surface area contributed by atoms with E-state index in [1.165, 1.54) is 24.1 Å². The van der Waals surface area contributed by atoms with Crippen LogP contribution in [-0.4, -0.2) is 0 Å². The summed E-state index contributed by atoms with van der Waals surface area (Å²) in [5, 5.41) is 0. The van der Waals surface area contributed by atoms with Gasteiger partial charge in [-0.3, -0.25) is 0 Å². The first kappa shape index (κ1) is 9.04. The number of hydrogen-bond donors (Lipinski definition) is 0. The molecule has 3 heteroatoms. The van der Waals surface area contributed by atoms with E-state index in [0.717, 1.165) is 10.3 Å². The van der Waals surface area contributed by atoms with Crippen molar-refractivity contribution >= 4 is 38.9 Å². The first-order chi connectivity index (χ1) is 5.75. The zero-order chi connectivity index (χ0) is 8.55. The topological polar surface area (TPSA) is 0 Å². The molecule has 0 saturated heterocycles. The van der Waals surface area contributed by atoms with E-state index in [2.05, 4.69) is 22.0 Å². The highest BCUT2D eigenvalue weighted by Gasteiger charge is 2.25. The molecule has 1 aromatic rings. The number of hydrogen-bond acceptors (Lipinski definition) is 1. The molecule has 0 N–H and O–H groups in total. The van der Waals surface area contributed by atoms with Crippen LogP contribution in [-0.2, 0) is 0 Å². The van der Waals surface area contributed by atoms with Crippen LogP contribution < -0.4 is 0 Å². The van der Waals surface area contributed by atoms with Crippen LogP contribution in [0.1, 0.15) is 29.0 Å². The van der Waals surface area contributed by atoms with Gasteiger partial charge in [0.05, 0.1) is 4.34 Å². The number of alkyl halides is 1. The maximum absolute atomic E-state index is 5.85. The van der Waals surface area contributed by atoms with Crippen molar-refractivity contribution in [2.75, 3.05) is 0 Å². The second-order valence-electron chi connectivity index (χ2n) is 3.29. The van der Waals surface area contributed by atoms with Gasteiger partial charge < -0.3 is 0 Å². The summed E-state index contributed by atoms with van der Waals surface area (Å²) in [6, 6.07) is 4.09. The molecule has 1 aromatic heterocycles. The fourth-order valence-electron chi connectivity index (χ4n) is 1.26. The van der Waals surface area contributed by atoms with Gasteiger partial charge in [0.15, 0.2) is 0 Å². The quantitative estimate of drug-likeness (QED) is 0.699. The lowest BCUT2D eigenvalue weighted by molar-refractivity contribution is 0.728. The van der Waals surface area contributed by atoms with Crippen LogP contribution in [0.2, 0.25) is 4.34 Å². The zero-order valence-corrected chi connectivity index (χ0v) is 9.75. The minimum atomic E-state index is 0.530. The zero-order valence-electron chi connectivity index (χ0n) is 6.59. The third-order valence-electron chi connectivity index (χ3n) is 2.14. The lowest BCUT2D eigenvalue weighted by Gasteiger charge is -2.04. The molecule has 1 aliphatic rings. The summed E-state index contributed by atoms with van der Waals surface area (Å²) in [7, 11) is 0. The summed E-state index contributed by atoms with van der Waals surface area (Å²) in [6.07, 6.45) is 4.11. The van der Waals surface area contributed by atoms with Crippen LogP contribution in [0.15, 0.2) is 12.1 Å². The lowest BCUT2D eigenvalue weighted by atomic mass is 10.2. The minimum Gasteiger partial charge on any atom is -0.127 e. The number of halogens is 2. The van der Waals surface area contributed by atoms with Gasteiger partial charge in [0.1, 0.15) is 0 Å². The molecule has 1 unspecified atom stereocenters. The Morgan fingerprint density at radius 3 is 2.83 bits per heavy atom. The van der Waals surface area contributed by atoms with E-state index in [1.54, 1.807) is 11.3 Å². The average molecular weight is 266 g/mol. The summed E-state index contributed by atoms with van der Waals surface area (Å²) in [5.41, 5.74) is 0. The highest BCUT2D eigenvalue weighted by molar-refractivity contribution is 9.09. The van der Waals surface area contributed by atoms with Crippen LogP contribution in [0.5, 0.6) is 0 Å². The molecule has 1 saturated carbocycles. The monoisotopic (exact) mass is 264 g/mol. The fourth-order valence-corrected chi connectivity index (χ4v) is 3.27. The lowest BCUT2D eigenvalue weighted by Crippen LogP contribution is -1.86. The summed E-state index contributed by atoms with van der Waals surface area (Å²) < 4.78 is 0.894. The molecule has 0 aliphatic heterocycles. The smallest absolute Gasteiger partial charge is 0.0931 e. The molecule has 0 spiro atoms. The second-order valence-corrected chi connectivity index (χ2v) is 6.14. The molecule has 0 bridgehead atoms. The van der Waals surface area contributed by atoms with Gasteiger partial charge in [-0.05, 0) is 24.5 Å². The summed E-state index contributed by atoms with van der Waals surface area (Å²) in [5.74, 6) is 0.968. The van der Waals surface area contributed by atoms with Crippen molar-refractivity contribution in [3.63, 3.8) is 0 Å². The van der Waals surface area contributed by atoms with Crippen molar-refractivity contribution < 1.29 is 0 Å². The van der Waals surface area contributed by atoms with Crippen molar-refractivity contribution in [2.24, 2.45) is 5.92 Å². The van der Waals surface area contributed by atoms with Crippen LogP contribution >= 0.6 is 38.9 Å². The summed E-state index contributed by atoms with van der Waals surface area (Å²) in [6.45, 7) is 0. The van der Waals surface area contributed by atoms with E-state index < -0.39 is 0 Å². The standard InChI is InChI=1S/C9H10BrClS/c10-7(5-6-1-2-6)8-3-4-9(11)12-8/h3-4,6-7H,1-2,5H2. The molecule has 2 rings (SSSR count). The van der Waals surface area contributed by atoms with Gasteiger partial charge in [0.25, 0.3) is 0 Å². The van der Waals surface area contributed by atoms with Gasteiger partial charge in [0, 0.05) is 9.70 Å². The van der Waals surface area contributed by atoms with E-state index >= 15 is 0 Å². The minimum absolute atomic E-state index is 0.530. The first-order valence-electron chi connectivity index (χ1n) is 4.15. The van der Waals surface area contributed by atoms with Gasteiger partial charge in [0.2, 0.25) is 0 Å². The van der Waals surface area contributed by atoms with Crippen LogP contribution in [0, 0.1) is 5.92 Å². The fraction of sp³-hybridized carbons (Fsp3) is 0.556. The largest absolute Gasteiger partial charge is 0.127 e. The van der Waals surface area contributed by atoms with Crippen LogP contribution in [0.3, 0.4) is 0 Å². The average Bonchev–Trinajstić information content (AvgIpc) is 2.72. The molecule has 0 radical (unpaired) electrons. The Labute approximate surface area is 90.1 Å². The number of thiophene rings is 1. The Morgan fingerprint density at radius 1 is 1.58 bits per heavy atom. The third kappa shape index (κ3) is 2.24. The second kappa shape index (κ2) is 3.69.